The largest absolute Gasteiger partial charge is 0.272 e. The van der Waals surface area contributed by atoms with Crippen LogP contribution in [-0.2, 0) is 18.4 Å². The normalized spacial score (nSPS) is 11.7. The highest BCUT2D eigenvalue weighted by molar-refractivity contribution is 5.14. The van der Waals surface area contributed by atoms with E-state index in [1.165, 1.54) is 11.3 Å². The van der Waals surface area contributed by atoms with E-state index < -0.39 is 0 Å². The SMILES string of the molecule is CC(C)(C)c1ccn(CCCc2ccccc2)n1. The molecular formula is C16H22N2. The van der Waals surface area contributed by atoms with E-state index in [-0.39, 0.29) is 5.41 Å². The third kappa shape index (κ3) is 3.46. The van der Waals surface area contributed by atoms with Gasteiger partial charge in [0.05, 0.1) is 5.69 Å². The summed E-state index contributed by atoms with van der Waals surface area (Å²) in [7, 11) is 0. The zero-order valence-corrected chi connectivity index (χ0v) is 11.6. The molecule has 2 heteroatoms. The number of nitrogens with zero attached hydrogens (tertiary/aromatic N) is 2. The quantitative estimate of drug-likeness (QED) is 0.797. The number of aryl methyl sites for hydroxylation is 2. The highest BCUT2D eigenvalue weighted by Crippen LogP contribution is 2.19. The molecule has 0 bridgehead atoms. The maximum Gasteiger partial charge on any atom is 0.0677 e. The Morgan fingerprint density at radius 2 is 1.78 bits per heavy atom. The van der Waals surface area contributed by atoms with E-state index in [9.17, 15) is 0 Å². The maximum absolute atomic E-state index is 4.63. The molecule has 0 amide bonds. The van der Waals surface area contributed by atoms with Gasteiger partial charge in [0.2, 0.25) is 0 Å². The molecule has 18 heavy (non-hydrogen) atoms. The van der Waals surface area contributed by atoms with Crippen molar-refractivity contribution >= 4 is 0 Å². The zero-order valence-electron chi connectivity index (χ0n) is 11.6. The molecule has 1 aromatic heterocycles. The van der Waals surface area contributed by atoms with Crippen molar-refractivity contribution in [2.45, 2.75) is 45.6 Å². The summed E-state index contributed by atoms with van der Waals surface area (Å²) in [6.07, 6.45) is 4.34. The van der Waals surface area contributed by atoms with Gasteiger partial charge in [0, 0.05) is 18.2 Å². The predicted molar refractivity (Wildman–Crippen MR) is 75.7 cm³/mol. The van der Waals surface area contributed by atoms with Crippen molar-refractivity contribution in [3.8, 4) is 0 Å². The highest BCUT2D eigenvalue weighted by Gasteiger charge is 2.16. The van der Waals surface area contributed by atoms with Crippen LogP contribution in [0, 0.1) is 0 Å². The Morgan fingerprint density at radius 1 is 1.06 bits per heavy atom. The number of hydrogen-bond donors (Lipinski definition) is 0. The molecule has 96 valence electrons. The van der Waals surface area contributed by atoms with Crippen LogP contribution in [0.25, 0.3) is 0 Å². The summed E-state index contributed by atoms with van der Waals surface area (Å²) in [5.41, 5.74) is 2.72. The first-order chi connectivity index (χ1) is 8.55. The van der Waals surface area contributed by atoms with Gasteiger partial charge >= 0.3 is 0 Å². The van der Waals surface area contributed by atoms with Gasteiger partial charge in [-0.05, 0) is 24.5 Å². The molecule has 0 aliphatic carbocycles. The van der Waals surface area contributed by atoms with Crippen LogP contribution in [0.1, 0.15) is 38.4 Å². The Bertz CT molecular complexity index is 477. The third-order valence-corrected chi connectivity index (χ3v) is 3.10. The minimum Gasteiger partial charge on any atom is -0.272 e. The van der Waals surface area contributed by atoms with Gasteiger partial charge in [-0.2, -0.15) is 5.10 Å². The fourth-order valence-corrected chi connectivity index (χ4v) is 1.98. The summed E-state index contributed by atoms with van der Waals surface area (Å²) >= 11 is 0. The molecular weight excluding hydrogens is 220 g/mol. The molecule has 0 unspecified atom stereocenters. The first-order valence-electron chi connectivity index (χ1n) is 6.63. The molecule has 0 radical (unpaired) electrons. The van der Waals surface area contributed by atoms with E-state index in [2.05, 4.69) is 73.1 Å². The summed E-state index contributed by atoms with van der Waals surface area (Å²) in [4.78, 5) is 0. The minimum atomic E-state index is 0.144. The lowest BCUT2D eigenvalue weighted by Crippen LogP contribution is -2.13. The Hall–Kier alpha value is -1.57. The Balaban J connectivity index is 1.86. The summed E-state index contributed by atoms with van der Waals surface area (Å²) in [6.45, 7) is 7.59. The van der Waals surface area contributed by atoms with Gasteiger partial charge in [-0.3, -0.25) is 4.68 Å². The molecule has 2 nitrogen and oxygen atoms in total. The molecule has 0 saturated heterocycles. The standard InChI is InChI=1S/C16H22N2/c1-16(2,3)15-11-13-18(17-15)12-7-10-14-8-5-4-6-9-14/h4-6,8-9,11,13H,7,10,12H2,1-3H3. The maximum atomic E-state index is 4.63. The monoisotopic (exact) mass is 242 g/mol. The van der Waals surface area contributed by atoms with Gasteiger partial charge in [0.25, 0.3) is 0 Å². The lowest BCUT2D eigenvalue weighted by molar-refractivity contribution is 0.521. The Labute approximate surface area is 110 Å². The van der Waals surface area contributed by atoms with E-state index in [1.54, 1.807) is 0 Å². The van der Waals surface area contributed by atoms with E-state index in [0.29, 0.717) is 0 Å². The molecule has 0 atom stereocenters. The smallest absolute Gasteiger partial charge is 0.0677 e. The van der Waals surface area contributed by atoms with Crippen molar-refractivity contribution in [2.75, 3.05) is 0 Å². The van der Waals surface area contributed by atoms with Gasteiger partial charge in [-0.1, -0.05) is 51.1 Å². The lowest BCUT2D eigenvalue weighted by Gasteiger charge is -2.14. The average molecular weight is 242 g/mol. The van der Waals surface area contributed by atoms with Crippen molar-refractivity contribution in [1.82, 2.24) is 9.78 Å². The van der Waals surface area contributed by atoms with E-state index in [4.69, 9.17) is 0 Å². The summed E-state index contributed by atoms with van der Waals surface area (Å²) in [5, 5.41) is 4.63. The van der Waals surface area contributed by atoms with Crippen molar-refractivity contribution in [1.29, 1.82) is 0 Å². The van der Waals surface area contributed by atoms with Crippen LogP contribution in [0.2, 0.25) is 0 Å². The average Bonchev–Trinajstić information content (AvgIpc) is 2.79. The highest BCUT2D eigenvalue weighted by atomic mass is 15.3. The second-order valence-corrected chi connectivity index (χ2v) is 5.80. The predicted octanol–water partition coefficient (Wildman–Crippen LogP) is 3.81. The topological polar surface area (TPSA) is 17.8 Å². The minimum absolute atomic E-state index is 0.144. The molecule has 0 spiro atoms. The van der Waals surface area contributed by atoms with Crippen LogP contribution in [-0.4, -0.2) is 9.78 Å². The number of aromatic nitrogens is 2. The molecule has 0 aliphatic rings. The van der Waals surface area contributed by atoms with Gasteiger partial charge in [0.1, 0.15) is 0 Å². The fraction of sp³-hybridized carbons (Fsp3) is 0.438. The van der Waals surface area contributed by atoms with Gasteiger partial charge in [0.15, 0.2) is 0 Å². The van der Waals surface area contributed by atoms with Gasteiger partial charge in [-0.15, -0.1) is 0 Å². The molecule has 0 fully saturated rings. The van der Waals surface area contributed by atoms with Crippen LogP contribution in [0.3, 0.4) is 0 Å². The first kappa shape index (κ1) is 12.9. The second-order valence-electron chi connectivity index (χ2n) is 5.80. The van der Waals surface area contributed by atoms with E-state index in [0.717, 1.165) is 19.4 Å². The van der Waals surface area contributed by atoms with Crippen molar-refractivity contribution in [3.63, 3.8) is 0 Å². The van der Waals surface area contributed by atoms with Crippen LogP contribution in [0.4, 0.5) is 0 Å². The summed E-state index contributed by atoms with van der Waals surface area (Å²) < 4.78 is 2.06. The summed E-state index contributed by atoms with van der Waals surface area (Å²) in [5.74, 6) is 0. The third-order valence-electron chi connectivity index (χ3n) is 3.10. The van der Waals surface area contributed by atoms with Crippen LogP contribution in [0.5, 0.6) is 0 Å². The fourth-order valence-electron chi connectivity index (χ4n) is 1.98. The number of hydrogen-bond acceptors (Lipinski definition) is 1. The summed E-state index contributed by atoms with van der Waals surface area (Å²) in [6, 6.07) is 12.8. The van der Waals surface area contributed by atoms with E-state index in [1.807, 2.05) is 0 Å². The van der Waals surface area contributed by atoms with Crippen molar-refractivity contribution in [3.05, 3.63) is 53.9 Å². The molecule has 1 heterocycles. The van der Waals surface area contributed by atoms with Crippen molar-refractivity contribution in [2.24, 2.45) is 0 Å². The van der Waals surface area contributed by atoms with Crippen LogP contribution < -0.4 is 0 Å². The molecule has 0 aliphatic heterocycles. The molecule has 1 aromatic carbocycles. The number of benzene rings is 1. The zero-order chi connectivity index (χ0) is 13.0. The van der Waals surface area contributed by atoms with Gasteiger partial charge < -0.3 is 0 Å². The van der Waals surface area contributed by atoms with Crippen LogP contribution >= 0.6 is 0 Å². The van der Waals surface area contributed by atoms with Gasteiger partial charge in [-0.25, -0.2) is 0 Å². The molecule has 2 rings (SSSR count). The Kier molecular flexibility index (Phi) is 3.85. The molecule has 2 aromatic rings. The number of rotatable bonds is 4. The lowest BCUT2D eigenvalue weighted by atomic mass is 9.93. The molecule has 0 saturated carbocycles. The van der Waals surface area contributed by atoms with E-state index >= 15 is 0 Å². The second kappa shape index (κ2) is 5.38. The van der Waals surface area contributed by atoms with Crippen molar-refractivity contribution < 1.29 is 0 Å². The molecule has 0 N–H and O–H groups in total. The first-order valence-corrected chi connectivity index (χ1v) is 6.63. The van der Waals surface area contributed by atoms with Crippen LogP contribution in [0.15, 0.2) is 42.6 Å². The Morgan fingerprint density at radius 3 is 2.39 bits per heavy atom.